The van der Waals surface area contributed by atoms with E-state index >= 15 is 0 Å². The van der Waals surface area contributed by atoms with Crippen molar-refractivity contribution in [3.05, 3.63) is 42.0 Å². The van der Waals surface area contributed by atoms with E-state index < -0.39 is 17.6 Å². The number of carbonyl (C=O) groups is 1. The lowest BCUT2D eigenvalue weighted by Gasteiger charge is -2.11. The first-order valence-electron chi connectivity index (χ1n) is 4.77. The molecule has 1 amide bonds. The van der Waals surface area contributed by atoms with Crippen LogP contribution in [0.5, 0.6) is 0 Å². The molecule has 0 aliphatic carbocycles. The molecule has 0 unspecified atom stereocenters. The predicted molar refractivity (Wildman–Crippen MR) is 54.9 cm³/mol. The van der Waals surface area contributed by atoms with Crippen LogP contribution in [0.1, 0.15) is 16.2 Å². The molecule has 8 heteroatoms. The second kappa shape index (κ2) is 4.13. The molecule has 2 rings (SSSR count). The van der Waals surface area contributed by atoms with Gasteiger partial charge in [-0.2, -0.15) is 13.2 Å². The summed E-state index contributed by atoms with van der Waals surface area (Å²) in [4.78, 5) is 14.3. The fourth-order valence-corrected chi connectivity index (χ4v) is 1.41. The maximum Gasteiger partial charge on any atom is 0.418 e. The molecule has 5 nitrogen and oxygen atoms in total. The first kappa shape index (κ1) is 12.1. The van der Waals surface area contributed by atoms with Gasteiger partial charge < -0.3 is 5.73 Å². The van der Waals surface area contributed by atoms with Crippen LogP contribution in [-0.4, -0.2) is 20.7 Å². The zero-order valence-electron chi connectivity index (χ0n) is 8.85. The van der Waals surface area contributed by atoms with Gasteiger partial charge in [0.2, 0.25) is 5.82 Å². The highest BCUT2D eigenvalue weighted by Gasteiger charge is 2.34. The lowest BCUT2D eigenvalue weighted by molar-refractivity contribution is -0.137. The number of hydrogen-bond acceptors (Lipinski definition) is 3. The van der Waals surface area contributed by atoms with Crippen LogP contribution in [0.2, 0.25) is 0 Å². The molecule has 1 heterocycles. The molecule has 0 spiro atoms. The van der Waals surface area contributed by atoms with E-state index in [4.69, 9.17) is 5.73 Å². The minimum atomic E-state index is -4.52. The molecule has 18 heavy (non-hydrogen) atoms. The molecule has 1 aromatic heterocycles. The lowest BCUT2D eigenvalue weighted by atomic mass is 10.2. The number of amides is 1. The normalized spacial score (nSPS) is 11.5. The molecular weight excluding hydrogens is 249 g/mol. The molecule has 2 aromatic rings. The second-order valence-corrected chi connectivity index (χ2v) is 3.39. The highest BCUT2D eigenvalue weighted by molar-refractivity contribution is 5.88. The van der Waals surface area contributed by atoms with Gasteiger partial charge >= 0.3 is 6.18 Å². The minimum absolute atomic E-state index is 0.218. The van der Waals surface area contributed by atoms with Crippen LogP contribution in [0, 0.1) is 0 Å². The smallest absolute Gasteiger partial charge is 0.363 e. The Morgan fingerprint density at radius 2 is 1.94 bits per heavy atom. The van der Waals surface area contributed by atoms with E-state index in [1.807, 2.05) is 0 Å². The third kappa shape index (κ3) is 2.17. The fourth-order valence-electron chi connectivity index (χ4n) is 1.41. The predicted octanol–water partition coefficient (Wildman–Crippen LogP) is 1.38. The number of rotatable bonds is 2. The zero-order valence-corrected chi connectivity index (χ0v) is 8.85. The first-order valence-corrected chi connectivity index (χ1v) is 4.77. The number of para-hydroxylation sites is 1. The average molecular weight is 256 g/mol. The molecule has 0 aliphatic rings. The van der Waals surface area contributed by atoms with Gasteiger partial charge in [0.25, 0.3) is 5.91 Å². The summed E-state index contributed by atoms with van der Waals surface area (Å²) in [7, 11) is 0. The van der Waals surface area contributed by atoms with Gasteiger partial charge in [-0.15, -0.1) is 5.10 Å². The molecule has 94 valence electrons. The van der Waals surface area contributed by atoms with E-state index in [1.165, 1.54) is 18.2 Å². The standard InChI is InChI=1S/C10H7F3N4O/c11-10(12,13)6-3-1-2-4-7(6)17-5-15-9(16-17)8(14)18/h1-5H,(H2,14,18). The van der Waals surface area contributed by atoms with Crippen molar-refractivity contribution in [1.29, 1.82) is 0 Å². The number of alkyl halides is 3. The van der Waals surface area contributed by atoms with E-state index in [0.717, 1.165) is 17.1 Å². The molecule has 0 saturated heterocycles. The number of primary amides is 1. The van der Waals surface area contributed by atoms with Crippen LogP contribution in [0.4, 0.5) is 13.2 Å². The molecule has 0 atom stereocenters. The Bertz CT molecular complexity index is 591. The summed E-state index contributed by atoms with van der Waals surface area (Å²) in [5.41, 5.74) is 3.84. The van der Waals surface area contributed by atoms with Crippen molar-refractivity contribution in [3.8, 4) is 5.69 Å². The number of aromatic nitrogens is 3. The Labute approximate surface area is 99.0 Å². The monoisotopic (exact) mass is 256 g/mol. The first-order chi connectivity index (χ1) is 8.39. The number of hydrogen-bond donors (Lipinski definition) is 1. The van der Waals surface area contributed by atoms with Crippen LogP contribution < -0.4 is 5.73 Å². The molecule has 0 fully saturated rings. The maximum atomic E-state index is 12.7. The van der Waals surface area contributed by atoms with Gasteiger partial charge in [-0.1, -0.05) is 12.1 Å². The lowest BCUT2D eigenvalue weighted by Crippen LogP contribution is -2.14. The van der Waals surface area contributed by atoms with Gasteiger partial charge in [-0.3, -0.25) is 4.79 Å². The summed E-state index contributed by atoms with van der Waals surface area (Å²) in [5.74, 6) is -1.25. The molecule has 0 aliphatic heterocycles. The van der Waals surface area contributed by atoms with Crippen LogP contribution >= 0.6 is 0 Å². The van der Waals surface area contributed by atoms with Crippen molar-refractivity contribution in [2.24, 2.45) is 5.73 Å². The van der Waals surface area contributed by atoms with Crippen LogP contribution in [0.3, 0.4) is 0 Å². The Kier molecular flexibility index (Phi) is 2.77. The quantitative estimate of drug-likeness (QED) is 0.882. The summed E-state index contributed by atoms with van der Waals surface area (Å²) in [5, 5.41) is 3.59. The van der Waals surface area contributed by atoms with E-state index in [9.17, 15) is 18.0 Å². The Morgan fingerprint density at radius 1 is 1.28 bits per heavy atom. The number of halogens is 3. The van der Waals surface area contributed by atoms with E-state index in [1.54, 1.807) is 0 Å². The number of nitrogens with two attached hydrogens (primary N) is 1. The summed E-state index contributed by atoms with van der Waals surface area (Å²) in [6.07, 6.45) is -3.51. The van der Waals surface area contributed by atoms with Gasteiger partial charge in [-0.05, 0) is 12.1 Å². The third-order valence-corrected chi connectivity index (χ3v) is 2.17. The zero-order chi connectivity index (χ0) is 13.3. The summed E-state index contributed by atoms with van der Waals surface area (Å²) in [6.45, 7) is 0. The summed E-state index contributed by atoms with van der Waals surface area (Å²) >= 11 is 0. The fraction of sp³-hybridized carbons (Fsp3) is 0.100. The van der Waals surface area contributed by atoms with Gasteiger partial charge in [-0.25, -0.2) is 9.67 Å². The van der Waals surface area contributed by atoms with Gasteiger partial charge in [0.05, 0.1) is 11.3 Å². The van der Waals surface area contributed by atoms with Crippen molar-refractivity contribution in [3.63, 3.8) is 0 Å². The van der Waals surface area contributed by atoms with Crippen LogP contribution in [-0.2, 0) is 6.18 Å². The number of carbonyl (C=O) groups excluding carboxylic acids is 1. The van der Waals surface area contributed by atoms with E-state index in [2.05, 4.69) is 10.1 Å². The van der Waals surface area contributed by atoms with Crippen LogP contribution in [0.25, 0.3) is 5.69 Å². The summed E-state index contributed by atoms with van der Waals surface area (Å²) in [6, 6.07) is 4.83. The van der Waals surface area contributed by atoms with Crippen molar-refractivity contribution in [2.75, 3.05) is 0 Å². The largest absolute Gasteiger partial charge is 0.418 e. The van der Waals surface area contributed by atoms with Crippen LogP contribution in [0.15, 0.2) is 30.6 Å². The highest BCUT2D eigenvalue weighted by atomic mass is 19.4. The summed E-state index contributed by atoms with van der Waals surface area (Å²) < 4.78 is 39.1. The third-order valence-electron chi connectivity index (χ3n) is 2.17. The minimum Gasteiger partial charge on any atom is -0.363 e. The SMILES string of the molecule is NC(=O)c1ncn(-c2ccccc2C(F)(F)F)n1. The molecule has 2 N–H and O–H groups in total. The number of nitrogens with zero attached hydrogens (tertiary/aromatic N) is 3. The van der Waals surface area contributed by atoms with Crippen molar-refractivity contribution < 1.29 is 18.0 Å². The topological polar surface area (TPSA) is 73.8 Å². The van der Waals surface area contributed by atoms with Gasteiger partial charge in [0.15, 0.2) is 0 Å². The van der Waals surface area contributed by atoms with E-state index in [-0.39, 0.29) is 11.5 Å². The maximum absolute atomic E-state index is 12.7. The molecule has 0 saturated carbocycles. The Morgan fingerprint density at radius 3 is 2.50 bits per heavy atom. The highest BCUT2D eigenvalue weighted by Crippen LogP contribution is 2.33. The van der Waals surface area contributed by atoms with Crippen molar-refractivity contribution in [2.45, 2.75) is 6.18 Å². The Hall–Kier alpha value is -2.38. The van der Waals surface area contributed by atoms with Gasteiger partial charge in [0.1, 0.15) is 6.33 Å². The molecule has 1 aromatic carbocycles. The number of benzene rings is 1. The van der Waals surface area contributed by atoms with Crippen molar-refractivity contribution >= 4 is 5.91 Å². The Balaban J connectivity index is 2.53. The van der Waals surface area contributed by atoms with E-state index in [0.29, 0.717) is 0 Å². The molecule has 0 radical (unpaired) electrons. The second-order valence-electron chi connectivity index (χ2n) is 3.39. The molecular formula is C10H7F3N4O. The van der Waals surface area contributed by atoms with Crippen molar-refractivity contribution in [1.82, 2.24) is 14.8 Å². The molecule has 0 bridgehead atoms. The van der Waals surface area contributed by atoms with Gasteiger partial charge in [0, 0.05) is 0 Å². The average Bonchev–Trinajstić information content (AvgIpc) is 2.77.